The molecule has 0 radical (unpaired) electrons. The molecule has 0 aliphatic carbocycles. The largest absolute Gasteiger partial charge is 0.394 e. The van der Waals surface area contributed by atoms with Crippen LogP contribution in [0.4, 0.5) is 0 Å². The molecule has 9 nitrogen and oxygen atoms in total. The van der Waals surface area contributed by atoms with Crippen molar-refractivity contribution in [2.75, 3.05) is 20.3 Å². The highest BCUT2D eigenvalue weighted by molar-refractivity contribution is 4.90. The van der Waals surface area contributed by atoms with Crippen molar-refractivity contribution in [3.05, 3.63) is 0 Å². The number of aliphatic hydroxyl groups excluding tert-OH is 5. The fourth-order valence-electron chi connectivity index (χ4n) is 2.30. The Morgan fingerprint density at radius 2 is 1.80 bits per heavy atom. The molecular formula is C11H20O9. The van der Waals surface area contributed by atoms with Crippen LogP contribution < -0.4 is 0 Å². The van der Waals surface area contributed by atoms with E-state index in [0.29, 0.717) is 0 Å². The predicted molar refractivity (Wildman–Crippen MR) is 61.4 cm³/mol. The van der Waals surface area contributed by atoms with E-state index < -0.39 is 55.8 Å². The van der Waals surface area contributed by atoms with E-state index in [1.54, 1.807) is 0 Å². The standard InChI is InChI=1S/C11H20O9/c1-17-9-6(14)4(13)3-18-11(9)20-8-7(15)5(2-12)19-10(8)16/h4-16H,2-3H2,1H3/t4-,5+,6+,7+,8-,9-,10?,11+/m1/s1. The molecule has 0 aromatic rings. The van der Waals surface area contributed by atoms with Crippen molar-refractivity contribution in [3.63, 3.8) is 0 Å². The highest BCUT2D eigenvalue weighted by Gasteiger charge is 2.48. The van der Waals surface area contributed by atoms with Gasteiger partial charge in [0, 0.05) is 7.11 Å². The van der Waals surface area contributed by atoms with Crippen LogP contribution in [0.3, 0.4) is 0 Å². The fraction of sp³-hybridized carbons (Fsp3) is 1.00. The number of aliphatic hydroxyl groups is 5. The summed E-state index contributed by atoms with van der Waals surface area (Å²) in [5, 5.41) is 47.7. The van der Waals surface area contributed by atoms with Gasteiger partial charge in [0.05, 0.1) is 13.2 Å². The molecule has 0 spiro atoms. The second-order valence-corrected chi connectivity index (χ2v) is 4.80. The van der Waals surface area contributed by atoms with Crippen LogP contribution >= 0.6 is 0 Å². The van der Waals surface area contributed by atoms with E-state index in [0.717, 1.165) is 0 Å². The molecule has 20 heavy (non-hydrogen) atoms. The summed E-state index contributed by atoms with van der Waals surface area (Å²) in [6.45, 7) is -0.645. The molecule has 2 saturated heterocycles. The van der Waals surface area contributed by atoms with Crippen molar-refractivity contribution in [1.82, 2.24) is 0 Å². The van der Waals surface area contributed by atoms with Crippen LogP contribution in [0.25, 0.3) is 0 Å². The van der Waals surface area contributed by atoms with Crippen LogP contribution in [0.15, 0.2) is 0 Å². The van der Waals surface area contributed by atoms with Gasteiger partial charge in [-0.25, -0.2) is 0 Å². The maximum atomic E-state index is 9.85. The van der Waals surface area contributed by atoms with Gasteiger partial charge in [0.15, 0.2) is 12.6 Å². The first-order valence-electron chi connectivity index (χ1n) is 6.28. The Bertz CT molecular complexity index is 314. The molecule has 0 saturated carbocycles. The van der Waals surface area contributed by atoms with Crippen LogP contribution in [0.1, 0.15) is 0 Å². The number of hydrogen-bond donors (Lipinski definition) is 5. The first-order chi connectivity index (χ1) is 9.49. The van der Waals surface area contributed by atoms with Crippen molar-refractivity contribution < 1.29 is 44.5 Å². The summed E-state index contributed by atoms with van der Waals surface area (Å²) < 4.78 is 20.5. The van der Waals surface area contributed by atoms with Gasteiger partial charge in [0.2, 0.25) is 0 Å². The van der Waals surface area contributed by atoms with E-state index in [9.17, 15) is 20.4 Å². The van der Waals surface area contributed by atoms with Gasteiger partial charge < -0.3 is 44.5 Å². The summed E-state index contributed by atoms with van der Waals surface area (Å²) in [4.78, 5) is 0. The maximum Gasteiger partial charge on any atom is 0.187 e. The molecule has 2 aliphatic heterocycles. The van der Waals surface area contributed by atoms with Gasteiger partial charge in [0.25, 0.3) is 0 Å². The zero-order valence-corrected chi connectivity index (χ0v) is 10.9. The molecule has 0 aromatic carbocycles. The number of ether oxygens (including phenoxy) is 4. The average Bonchev–Trinajstić information content (AvgIpc) is 2.70. The number of methoxy groups -OCH3 is 1. The third-order valence-corrected chi connectivity index (χ3v) is 3.49. The normalized spacial score (nSPS) is 49.5. The van der Waals surface area contributed by atoms with Crippen LogP contribution in [-0.2, 0) is 18.9 Å². The third-order valence-electron chi connectivity index (χ3n) is 3.49. The summed E-state index contributed by atoms with van der Waals surface area (Å²) in [5.74, 6) is 0. The van der Waals surface area contributed by atoms with E-state index in [1.807, 2.05) is 0 Å². The molecule has 0 amide bonds. The van der Waals surface area contributed by atoms with Crippen molar-refractivity contribution in [2.45, 2.75) is 49.2 Å². The van der Waals surface area contributed by atoms with Gasteiger partial charge in [-0.05, 0) is 0 Å². The molecule has 2 rings (SSSR count). The Labute approximate surface area is 115 Å². The molecule has 2 aliphatic rings. The Morgan fingerprint density at radius 3 is 2.35 bits per heavy atom. The van der Waals surface area contributed by atoms with Gasteiger partial charge in [-0.15, -0.1) is 0 Å². The highest BCUT2D eigenvalue weighted by atomic mass is 16.7. The van der Waals surface area contributed by atoms with Crippen molar-refractivity contribution in [2.24, 2.45) is 0 Å². The summed E-state index contributed by atoms with van der Waals surface area (Å²) in [5.41, 5.74) is 0. The van der Waals surface area contributed by atoms with E-state index in [2.05, 4.69) is 0 Å². The number of hydrogen-bond acceptors (Lipinski definition) is 9. The first kappa shape index (κ1) is 16.0. The lowest BCUT2D eigenvalue weighted by atomic mass is 10.0. The fourth-order valence-corrected chi connectivity index (χ4v) is 2.30. The zero-order chi connectivity index (χ0) is 14.9. The van der Waals surface area contributed by atoms with Gasteiger partial charge in [-0.1, -0.05) is 0 Å². The monoisotopic (exact) mass is 296 g/mol. The average molecular weight is 296 g/mol. The molecule has 1 unspecified atom stereocenters. The van der Waals surface area contributed by atoms with Crippen LogP contribution in [0.5, 0.6) is 0 Å². The predicted octanol–water partition coefficient (Wildman–Crippen LogP) is -3.46. The summed E-state index contributed by atoms with van der Waals surface area (Å²) >= 11 is 0. The molecule has 0 aromatic heterocycles. The van der Waals surface area contributed by atoms with Crippen molar-refractivity contribution in [1.29, 1.82) is 0 Å². The van der Waals surface area contributed by atoms with Crippen molar-refractivity contribution in [3.8, 4) is 0 Å². The molecular weight excluding hydrogens is 276 g/mol. The van der Waals surface area contributed by atoms with Gasteiger partial charge in [-0.2, -0.15) is 0 Å². The first-order valence-corrected chi connectivity index (χ1v) is 6.28. The minimum Gasteiger partial charge on any atom is -0.394 e. The van der Waals surface area contributed by atoms with E-state index >= 15 is 0 Å². The zero-order valence-electron chi connectivity index (χ0n) is 10.9. The van der Waals surface area contributed by atoms with E-state index in [4.69, 9.17) is 24.1 Å². The molecule has 9 heteroatoms. The lowest BCUT2D eigenvalue weighted by Gasteiger charge is -2.38. The second kappa shape index (κ2) is 6.60. The van der Waals surface area contributed by atoms with Gasteiger partial charge >= 0.3 is 0 Å². The topological polar surface area (TPSA) is 138 Å². The van der Waals surface area contributed by atoms with E-state index in [1.165, 1.54) is 7.11 Å². The maximum absolute atomic E-state index is 9.85. The SMILES string of the molecule is CO[C@H]1[C@H](O[C@H]2C(O)O[C@@H](CO)[C@@H]2O)OC[C@@H](O)[C@@H]1O. The van der Waals surface area contributed by atoms with Gasteiger partial charge in [0.1, 0.15) is 36.6 Å². The molecule has 2 fully saturated rings. The molecule has 2 heterocycles. The lowest BCUT2D eigenvalue weighted by molar-refractivity contribution is -0.304. The minimum absolute atomic E-state index is 0.172. The third kappa shape index (κ3) is 2.96. The van der Waals surface area contributed by atoms with Crippen molar-refractivity contribution >= 4 is 0 Å². The van der Waals surface area contributed by atoms with E-state index in [-0.39, 0.29) is 6.61 Å². The second-order valence-electron chi connectivity index (χ2n) is 4.80. The summed E-state index contributed by atoms with van der Waals surface area (Å²) in [7, 11) is 1.31. The molecule has 118 valence electrons. The van der Waals surface area contributed by atoms with Crippen LogP contribution in [0, 0.1) is 0 Å². The Hall–Kier alpha value is -0.360. The Morgan fingerprint density at radius 1 is 1.10 bits per heavy atom. The van der Waals surface area contributed by atoms with Gasteiger partial charge in [-0.3, -0.25) is 0 Å². The lowest BCUT2D eigenvalue weighted by Crippen LogP contribution is -2.56. The smallest absolute Gasteiger partial charge is 0.187 e. The molecule has 5 N–H and O–H groups in total. The Kier molecular flexibility index (Phi) is 5.29. The quantitative estimate of drug-likeness (QED) is 0.358. The summed E-state index contributed by atoms with van der Waals surface area (Å²) in [6.07, 6.45) is -9.21. The minimum atomic E-state index is -1.44. The molecule has 8 atom stereocenters. The Balaban J connectivity index is 2.01. The molecule has 0 bridgehead atoms. The highest BCUT2D eigenvalue weighted by Crippen LogP contribution is 2.27. The van der Waals surface area contributed by atoms with Crippen LogP contribution in [-0.4, -0.2) is 95.1 Å². The summed E-state index contributed by atoms with van der Waals surface area (Å²) in [6, 6.07) is 0. The number of rotatable bonds is 4. The van der Waals surface area contributed by atoms with Crippen LogP contribution in [0.2, 0.25) is 0 Å².